The molecule has 1 N–H and O–H groups in total. The van der Waals surface area contributed by atoms with E-state index in [1.54, 1.807) is 0 Å². The SMILES string of the molecule is CN(CCNCC1CCCC1)Cc1cccs1. The van der Waals surface area contributed by atoms with Crippen LogP contribution in [0.3, 0.4) is 0 Å². The van der Waals surface area contributed by atoms with Crippen LogP contribution in [0.1, 0.15) is 30.6 Å². The second kappa shape index (κ2) is 7.14. The molecule has 0 amide bonds. The summed E-state index contributed by atoms with van der Waals surface area (Å²) < 4.78 is 0. The zero-order valence-corrected chi connectivity index (χ0v) is 11.6. The van der Waals surface area contributed by atoms with E-state index in [0.717, 1.165) is 25.6 Å². The van der Waals surface area contributed by atoms with Gasteiger partial charge >= 0.3 is 0 Å². The minimum absolute atomic E-state index is 0.956. The number of hydrogen-bond donors (Lipinski definition) is 1. The van der Waals surface area contributed by atoms with Crippen LogP contribution >= 0.6 is 11.3 Å². The van der Waals surface area contributed by atoms with Crippen LogP contribution in [0, 0.1) is 5.92 Å². The van der Waals surface area contributed by atoms with Gasteiger partial charge < -0.3 is 10.2 Å². The van der Waals surface area contributed by atoms with Gasteiger partial charge in [-0.2, -0.15) is 0 Å². The van der Waals surface area contributed by atoms with Crippen LogP contribution in [0.2, 0.25) is 0 Å². The average molecular weight is 252 g/mol. The van der Waals surface area contributed by atoms with Gasteiger partial charge in [0.05, 0.1) is 0 Å². The van der Waals surface area contributed by atoms with Crippen molar-refractivity contribution in [1.82, 2.24) is 10.2 Å². The van der Waals surface area contributed by atoms with Gasteiger partial charge in [0.15, 0.2) is 0 Å². The molecule has 0 unspecified atom stereocenters. The standard InChI is InChI=1S/C14H24N2S/c1-16(12-14-7-4-10-17-14)9-8-15-11-13-5-2-3-6-13/h4,7,10,13,15H,2-3,5-6,8-9,11-12H2,1H3. The van der Waals surface area contributed by atoms with Gasteiger partial charge in [-0.15, -0.1) is 11.3 Å². The molecule has 0 aliphatic heterocycles. The molecule has 1 heterocycles. The van der Waals surface area contributed by atoms with Gasteiger partial charge in [0, 0.05) is 24.5 Å². The molecule has 1 aliphatic carbocycles. The maximum Gasteiger partial charge on any atom is 0.0325 e. The maximum absolute atomic E-state index is 3.60. The third-order valence-electron chi connectivity index (χ3n) is 3.58. The van der Waals surface area contributed by atoms with E-state index in [1.165, 1.54) is 37.1 Å². The lowest BCUT2D eigenvalue weighted by atomic mass is 10.1. The van der Waals surface area contributed by atoms with Crippen LogP contribution in [-0.2, 0) is 6.54 Å². The van der Waals surface area contributed by atoms with Gasteiger partial charge in [-0.3, -0.25) is 0 Å². The lowest BCUT2D eigenvalue weighted by Gasteiger charge is -2.17. The van der Waals surface area contributed by atoms with E-state index in [-0.39, 0.29) is 0 Å². The van der Waals surface area contributed by atoms with Crippen LogP contribution in [0.4, 0.5) is 0 Å². The molecule has 0 aromatic carbocycles. The largest absolute Gasteiger partial charge is 0.315 e. The van der Waals surface area contributed by atoms with Crippen molar-refractivity contribution in [2.24, 2.45) is 5.92 Å². The highest BCUT2D eigenvalue weighted by molar-refractivity contribution is 7.09. The Labute approximate surface area is 109 Å². The second-order valence-corrected chi connectivity index (χ2v) is 6.20. The Kier molecular flexibility index (Phi) is 5.49. The zero-order valence-electron chi connectivity index (χ0n) is 10.8. The number of thiophene rings is 1. The molecule has 96 valence electrons. The van der Waals surface area contributed by atoms with Gasteiger partial charge in [-0.1, -0.05) is 18.9 Å². The summed E-state index contributed by atoms with van der Waals surface area (Å²) in [5.41, 5.74) is 0. The average Bonchev–Trinajstić information content (AvgIpc) is 2.96. The highest BCUT2D eigenvalue weighted by atomic mass is 32.1. The first kappa shape index (κ1) is 13.1. The normalized spacial score (nSPS) is 17.1. The van der Waals surface area contributed by atoms with Crippen molar-refractivity contribution in [3.05, 3.63) is 22.4 Å². The molecule has 1 aromatic rings. The van der Waals surface area contributed by atoms with E-state index >= 15 is 0 Å². The quantitative estimate of drug-likeness (QED) is 0.751. The molecule has 0 saturated heterocycles. The molecule has 1 fully saturated rings. The molecule has 17 heavy (non-hydrogen) atoms. The number of likely N-dealkylation sites (N-methyl/N-ethyl adjacent to an activating group) is 1. The molecule has 0 bridgehead atoms. The Morgan fingerprint density at radius 2 is 2.24 bits per heavy atom. The van der Waals surface area contributed by atoms with Crippen LogP contribution in [-0.4, -0.2) is 31.6 Å². The summed E-state index contributed by atoms with van der Waals surface area (Å²) in [7, 11) is 2.21. The van der Waals surface area contributed by atoms with Gasteiger partial charge in [0.25, 0.3) is 0 Å². The van der Waals surface area contributed by atoms with Gasteiger partial charge in [0.1, 0.15) is 0 Å². The fraction of sp³-hybridized carbons (Fsp3) is 0.714. The first-order chi connectivity index (χ1) is 8.34. The highest BCUT2D eigenvalue weighted by Gasteiger charge is 2.13. The van der Waals surface area contributed by atoms with E-state index in [1.807, 2.05) is 11.3 Å². The minimum Gasteiger partial charge on any atom is -0.315 e. The molecule has 1 saturated carbocycles. The molecular weight excluding hydrogens is 228 g/mol. The minimum atomic E-state index is 0.956. The van der Waals surface area contributed by atoms with Crippen LogP contribution in [0.25, 0.3) is 0 Å². The Bertz CT molecular complexity index is 291. The lowest BCUT2D eigenvalue weighted by Crippen LogP contribution is -2.31. The summed E-state index contributed by atoms with van der Waals surface area (Å²) in [6, 6.07) is 4.35. The van der Waals surface area contributed by atoms with E-state index in [4.69, 9.17) is 0 Å². The fourth-order valence-corrected chi connectivity index (χ4v) is 3.32. The zero-order chi connectivity index (χ0) is 11.9. The molecule has 0 atom stereocenters. The third kappa shape index (κ3) is 4.78. The van der Waals surface area contributed by atoms with Crippen molar-refractivity contribution in [1.29, 1.82) is 0 Å². The summed E-state index contributed by atoms with van der Waals surface area (Å²) in [5, 5.41) is 5.75. The van der Waals surface area contributed by atoms with Crippen molar-refractivity contribution < 1.29 is 0 Å². The van der Waals surface area contributed by atoms with Crippen molar-refractivity contribution in [2.75, 3.05) is 26.7 Å². The fourth-order valence-electron chi connectivity index (χ4n) is 2.54. The third-order valence-corrected chi connectivity index (χ3v) is 4.45. The molecular formula is C14H24N2S. The topological polar surface area (TPSA) is 15.3 Å². The Hall–Kier alpha value is -0.380. The first-order valence-corrected chi connectivity index (χ1v) is 7.64. The maximum atomic E-state index is 3.60. The molecule has 0 radical (unpaired) electrons. The van der Waals surface area contributed by atoms with Gasteiger partial charge in [-0.25, -0.2) is 0 Å². The number of hydrogen-bond acceptors (Lipinski definition) is 3. The Balaban J connectivity index is 1.52. The molecule has 1 aromatic heterocycles. The molecule has 3 heteroatoms. The van der Waals surface area contributed by atoms with Crippen LogP contribution in [0.15, 0.2) is 17.5 Å². The number of rotatable bonds is 7. The summed E-state index contributed by atoms with van der Waals surface area (Å²) in [5.74, 6) is 0.956. The summed E-state index contributed by atoms with van der Waals surface area (Å²) in [6.07, 6.45) is 5.78. The lowest BCUT2D eigenvalue weighted by molar-refractivity contribution is 0.322. The van der Waals surface area contributed by atoms with E-state index in [0.29, 0.717) is 0 Å². The highest BCUT2D eigenvalue weighted by Crippen LogP contribution is 2.23. The summed E-state index contributed by atoms with van der Waals surface area (Å²) in [4.78, 5) is 3.86. The first-order valence-electron chi connectivity index (χ1n) is 6.76. The molecule has 2 rings (SSSR count). The molecule has 1 aliphatic rings. The summed E-state index contributed by atoms with van der Waals surface area (Å²) >= 11 is 1.85. The number of nitrogens with one attached hydrogen (secondary N) is 1. The number of nitrogens with zero attached hydrogens (tertiary/aromatic N) is 1. The second-order valence-electron chi connectivity index (χ2n) is 5.17. The van der Waals surface area contributed by atoms with Crippen LogP contribution < -0.4 is 5.32 Å². The van der Waals surface area contributed by atoms with Crippen LogP contribution in [0.5, 0.6) is 0 Å². The van der Waals surface area contributed by atoms with Gasteiger partial charge in [-0.05, 0) is 43.8 Å². The van der Waals surface area contributed by atoms with E-state index in [9.17, 15) is 0 Å². The van der Waals surface area contributed by atoms with Gasteiger partial charge in [0.2, 0.25) is 0 Å². The smallest absolute Gasteiger partial charge is 0.0325 e. The predicted molar refractivity (Wildman–Crippen MR) is 75.5 cm³/mol. The van der Waals surface area contributed by atoms with Crippen molar-refractivity contribution in [2.45, 2.75) is 32.2 Å². The van der Waals surface area contributed by atoms with E-state index in [2.05, 4.69) is 34.8 Å². The summed E-state index contributed by atoms with van der Waals surface area (Å²) in [6.45, 7) is 4.58. The van der Waals surface area contributed by atoms with Crippen molar-refractivity contribution >= 4 is 11.3 Å². The molecule has 0 spiro atoms. The Morgan fingerprint density at radius 1 is 1.41 bits per heavy atom. The monoisotopic (exact) mass is 252 g/mol. The van der Waals surface area contributed by atoms with E-state index < -0.39 is 0 Å². The predicted octanol–water partition coefficient (Wildman–Crippen LogP) is 2.96. The Morgan fingerprint density at radius 3 is 2.94 bits per heavy atom. The molecule has 2 nitrogen and oxygen atoms in total. The van der Waals surface area contributed by atoms with Crippen molar-refractivity contribution in [3.63, 3.8) is 0 Å². The van der Waals surface area contributed by atoms with Crippen molar-refractivity contribution in [3.8, 4) is 0 Å².